The van der Waals surface area contributed by atoms with Crippen molar-refractivity contribution in [3.05, 3.63) is 0 Å². The number of carboxylic acids is 1. The van der Waals surface area contributed by atoms with Crippen molar-refractivity contribution in [2.45, 2.75) is 58.5 Å². The molecule has 0 aromatic heterocycles. The predicted octanol–water partition coefficient (Wildman–Crippen LogP) is -1.11. The Morgan fingerprint density at radius 2 is 0.981 bits per heavy atom. The number of carbonyl (C=O) groups excluding carboxylic acids is 5. The van der Waals surface area contributed by atoms with Crippen molar-refractivity contribution in [2.75, 3.05) is 119 Å². The molecule has 0 bridgehead atoms. The number of aliphatic carboxylic acids is 1. The van der Waals surface area contributed by atoms with Crippen LogP contribution in [0.4, 0.5) is 0 Å². The average molecular weight is 765 g/mol. The van der Waals surface area contributed by atoms with Crippen LogP contribution in [0.15, 0.2) is 0 Å². The minimum Gasteiger partial charge on any atom is -0.480 e. The third kappa shape index (κ3) is 25.4. The maximum absolute atomic E-state index is 12.3. The van der Waals surface area contributed by atoms with Gasteiger partial charge in [0.2, 0.25) is 29.5 Å². The molecule has 0 radical (unpaired) electrons. The van der Waals surface area contributed by atoms with Crippen molar-refractivity contribution >= 4 is 35.5 Å². The zero-order chi connectivity index (χ0) is 39.1. The van der Waals surface area contributed by atoms with Crippen molar-refractivity contribution in [2.24, 2.45) is 5.92 Å². The summed E-state index contributed by atoms with van der Waals surface area (Å²) in [7, 11) is 0. The maximum Gasteiger partial charge on any atom is 0.325 e. The summed E-state index contributed by atoms with van der Waals surface area (Å²) >= 11 is 0. The standard InChI is InChI=1S/C34H60N4O15/c1-26(2)32(33(43)36-27(3)34(44)45)37-29(40)7-10-46-12-14-48-16-18-50-20-22-52-24-25-53-23-21-51-19-17-49-15-13-47-11-8-35-28(39)6-9-38-30(41)4-5-31(38)42/h26-27,32H,4-25H2,1-3H3,(H,35,39)(H,36,43)(H,37,40)(H,44,45). The lowest BCUT2D eigenvalue weighted by Gasteiger charge is -2.23. The van der Waals surface area contributed by atoms with E-state index < -0.39 is 24.0 Å². The van der Waals surface area contributed by atoms with Gasteiger partial charge in [-0.2, -0.15) is 0 Å². The van der Waals surface area contributed by atoms with Crippen LogP contribution >= 0.6 is 0 Å². The van der Waals surface area contributed by atoms with Crippen LogP contribution in [0.5, 0.6) is 0 Å². The summed E-state index contributed by atoms with van der Waals surface area (Å²) in [6, 6.07) is -1.90. The fraction of sp³-hybridized carbons (Fsp3) is 0.824. The topological polar surface area (TPSA) is 236 Å². The number of ether oxygens (including phenoxy) is 8. The Morgan fingerprint density at radius 1 is 0.585 bits per heavy atom. The predicted molar refractivity (Wildman–Crippen MR) is 187 cm³/mol. The Labute approximate surface area is 311 Å². The van der Waals surface area contributed by atoms with Crippen molar-refractivity contribution in [1.82, 2.24) is 20.9 Å². The minimum atomic E-state index is -1.16. The van der Waals surface area contributed by atoms with Crippen LogP contribution in [-0.2, 0) is 66.7 Å². The summed E-state index contributed by atoms with van der Waals surface area (Å²) in [5.74, 6) is -3.00. The molecule has 1 aliphatic rings. The van der Waals surface area contributed by atoms with Gasteiger partial charge in [-0.25, -0.2) is 0 Å². The number of imide groups is 1. The quantitative estimate of drug-likeness (QED) is 0.0443. The lowest BCUT2D eigenvalue weighted by molar-refractivity contribution is -0.142. The van der Waals surface area contributed by atoms with Crippen molar-refractivity contribution in [3.63, 3.8) is 0 Å². The molecule has 19 heteroatoms. The molecule has 1 heterocycles. The number of hydrogen-bond acceptors (Lipinski definition) is 14. The van der Waals surface area contributed by atoms with Crippen LogP contribution in [-0.4, -0.2) is 176 Å². The maximum atomic E-state index is 12.3. The summed E-state index contributed by atoms with van der Waals surface area (Å²) in [5.41, 5.74) is 0. The molecule has 5 amide bonds. The number of likely N-dealkylation sites (tertiary alicyclic amines) is 1. The van der Waals surface area contributed by atoms with Gasteiger partial charge in [-0.15, -0.1) is 0 Å². The van der Waals surface area contributed by atoms with Gasteiger partial charge in [0.15, 0.2) is 0 Å². The lowest BCUT2D eigenvalue weighted by Crippen LogP contribution is -2.53. The number of hydrogen-bond donors (Lipinski definition) is 4. The van der Waals surface area contributed by atoms with Crippen molar-refractivity contribution < 1.29 is 71.8 Å². The highest BCUT2D eigenvalue weighted by Crippen LogP contribution is 2.11. The molecular formula is C34H60N4O15. The molecule has 2 atom stereocenters. The largest absolute Gasteiger partial charge is 0.480 e. The first kappa shape index (κ1) is 47.7. The van der Waals surface area contributed by atoms with Crippen LogP contribution in [0.25, 0.3) is 0 Å². The molecular weight excluding hydrogens is 704 g/mol. The van der Waals surface area contributed by atoms with Crippen LogP contribution in [0.3, 0.4) is 0 Å². The Kier molecular flexibility index (Phi) is 28.0. The monoisotopic (exact) mass is 764 g/mol. The Morgan fingerprint density at radius 3 is 1.38 bits per heavy atom. The molecule has 1 aliphatic heterocycles. The van der Waals surface area contributed by atoms with Crippen LogP contribution in [0.1, 0.15) is 46.5 Å². The zero-order valence-corrected chi connectivity index (χ0v) is 31.4. The molecule has 0 spiro atoms. The number of carbonyl (C=O) groups is 6. The summed E-state index contributed by atoms with van der Waals surface area (Å²) in [6.07, 6.45) is 0.564. The summed E-state index contributed by atoms with van der Waals surface area (Å²) in [4.78, 5) is 71.4. The smallest absolute Gasteiger partial charge is 0.325 e. The number of rotatable bonds is 35. The molecule has 1 rings (SSSR count). The van der Waals surface area contributed by atoms with E-state index >= 15 is 0 Å². The van der Waals surface area contributed by atoms with E-state index in [0.717, 1.165) is 4.90 Å². The highest BCUT2D eigenvalue weighted by Gasteiger charge is 2.29. The fourth-order valence-corrected chi connectivity index (χ4v) is 4.39. The minimum absolute atomic E-state index is 0.0492. The Balaban J connectivity index is 1.77. The van der Waals surface area contributed by atoms with Gasteiger partial charge in [0, 0.05) is 38.8 Å². The van der Waals surface area contributed by atoms with Crippen molar-refractivity contribution in [3.8, 4) is 0 Å². The lowest BCUT2D eigenvalue weighted by atomic mass is 10.0. The van der Waals surface area contributed by atoms with E-state index in [9.17, 15) is 28.8 Å². The average Bonchev–Trinajstić information content (AvgIpc) is 3.44. The normalized spacial score (nSPS) is 14.1. The summed E-state index contributed by atoms with van der Waals surface area (Å²) in [6.45, 7) is 11.3. The van der Waals surface area contributed by atoms with E-state index in [2.05, 4.69) is 16.0 Å². The third-order valence-electron chi connectivity index (χ3n) is 7.36. The number of carboxylic acid groups (broad SMARTS) is 1. The molecule has 2 unspecified atom stereocenters. The molecule has 0 aromatic rings. The van der Waals surface area contributed by atoms with Gasteiger partial charge in [0.25, 0.3) is 0 Å². The third-order valence-corrected chi connectivity index (χ3v) is 7.36. The summed E-state index contributed by atoms with van der Waals surface area (Å²) < 4.78 is 43.4. The van der Waals surface area contributed by atoms with E-state index in [-0.39, 0.29) is 68.4 Å². The first-order chi connectivity index (χ1) is 25.5. The van der Waals surface area contributed by atoms with E-state index in [1.165, 1.54) is 6.92 Å². The van der Waals surface area contributed by atoms with E-state index in [1.54, 1.807) is 13.8 Å². The van der Waals surface area contributed by atoms with Gasteiger partial charge >= 0.3 is 5.97 Å². The van der Waals surface area contributed by atoms with Crippen LogP contribution in [0, 0.1) is 5.92 Å². The van der Waals surface area contributed by atoms with Gasteiger partial charge in [-0.3, -0.25) is 33.7 Å². The highest BCUT2D eigenvalue weighted by molar-refractivity contribution is 6.02. The van der Waals surface area contributed by atoms with E-state index in [4.69, 9.17) is 43.0 Å². The van der Waals surface area contributed by atoms with Crippen LogP contribution < -0.4 is 16.0 Å². The molecule has 19 nitrogen and oxygen atoms in total. The first-order valence-electron chi connectivity index (χ1n) is 18.1. The SMILES string of the molecule is CC(NC(=O)C(NC(=O)CCOCCOCCOCCOCCOCCOCCOCCOCCNC(=O)CCN1C(=O)CCC1=O)C(C)C)C(=O)O. The highest BCUT2D eigenvalue weighted by atomic mass is 16.6. The molecule has 4 N–H and O–H groups in total. The summed E-state index contributed by atoms with van der Waals surface area (Å²) in [5, 5.41) is 16.6. The Hall–Kier alpha value is -3.30. The first-order valence-corrected chi connectivity index (χ1v) is 18.1. The molecule has 1 fully saturated rings. The molecule has 53 heavy (non-hydrogen) atoms. The second kappa shape index (κ2) is 31.1. The molecule has 0 aliphatic carbocycles. The second-order valence-corrected chi connectivity index (χ2v) is 12.0. The fourth-order valence-electron chi connectivity index (χ4n) is 4.39. The molecule has 306 valence electrons. The molecule has 0 saturated carbocycles. The van der Waals surface area contributed by atoms with E-state index in [1.807, 2.05) is 0 Å². The zero-order valence-electron chi connectivity index (χ0n) is 31.4. The van der Waals surface area contributed by atoms with Gasteiger partial charge in [0.05, 0.1) is 106 Å². The number of nitrogens with one attached hydrogen (secondary N) is 3. The van der Waals surface area contributed by atoms with Gasteiger partial charge in [0.1, 0.15) is 12.1 Å². The van der Waals surface area contributed by atoms with E-state index in [0.29, 0.717) is 106 Å². The van der Waals surface area contributed by atoms with Crippen molar-refractivity contribution in [1.29, 1.82) is 0 Å². The second-order valence-electron chi connectivity index (χ2n) is 12.0. The molecule has 1 saturated heterocycles. The number of amides is 5. The van der Waals surface area contributed by atoms with Gasteiger partial charge < -0.3 is 59.0 Å². The Bertz CT molecular complexity index is 1050. The van der Waals surface area contributed by atoms with Gasteiger partial charge in [-0.1, -0.05) is 13.8 Å². The molecule has 0 aromatic carbocycles. The van der Waals surface area contributed by atoms with Crippen LogP contribution in [0.2, 0.25) is 0 Å². The number of nitrogens with zero attached hydrogens (tertiary/aromatic N) is 1. The van der Waals surface area contributed by atoms with Gasteiger partial charge in [-0.05, 0) is 12.8 Å².